The van der Waals surface area contributed by atoms with E-state index in [1.807, 2.05) is 0 Å². The van der Waals surface area contributed by atoms with Gasteiger partial charge in [-0.1, -0.05) is 51.0 Å². The zero-order valence-corrected chi connectivity index (χ0v) is 13.3. The molecule has 1 aliphatic heterocycles. The van der Waals surface area contributed by atoms with Crippen LogP contribution in [0, 0.1) is 12.8 Å². The number of carbonyl (C=O) groups excluding carboxylic acids is 1. The smallest absolute Gasteiger partial charge is 0.241 e. The van der Waals surface area contributed by atoms with Crippen molar-refractivity contribution in [2.24, 2.45) is 5.92 Å². The van der Waals surface area contributed by atoms with E-state index in [0.717, 1.165) is 12.8 Å². The van der Waals surface area contributed by atoms with E-state index in [9.17, 15) is 4.79 Å². The first-order valence-electron chi connectivity index (χ1n) is 8.23. The van der Waals surface area contributed by atoms with E-state index in [1.165, 1.54) is 24.0 Å². The van der Waals surface area contributed by atoms with Crippen LogP contribution in [0.1, 0.15) is 56.8 Å². The predicted octanol–water partition coefficient (Wildman–Crippen LogP) is 3.39. The third kappa shape index (κ3) is 2.59. The molecule has 114 valence electrons. The van der Waals surface area contributed by atoms with Gasteiger partial charge >= 0.3 is 0 Å². The number of amides is 1. The van der Waals surface area contributed by atoms with Crippen molar-refractivity contribution in [1.82, 2.24) is 10.2 Å². The van der Waals surface area contributed by atoms with Crippen molar-refractivity contribution in [1.29, 1.82) is 0 Å². The minimum atomic E-state index is -0.0461. The van der Waals surface area contributed by atoms with Crippen molar-refractivity contribution in [3.8, 4) is 0 Å². The number of benzene rings is 1. The fourth-order valence-corrected chi connectivity index (χ4v) is 3.79. The maximum Gasteiger partial charge on any atom is 0.241 e. The van der Waals surface area contributed by atoms with Gasteiger partial charge in [-0.15, -0.1) is 0 Å². The molecule has 1 heterocycles. The van der Waals surface area contributed by atoms with Gasteiger partial charge in [-0.3, -0.25) is 10.1 Å². The summed E-state index contributed by atoms with van der Waals surface area (Å²) < 4.78 is 0. The Bertz CT molecular complexity index is 520. The molecule has 0 spiro atoms. The molecular formula is C18H26N2O. The van der Waals surface area contributed by atoms with Gasteiger partial charge in [0.2, 0.25) is 5.91 Å². The highest BCUT2D eigenvalue weighted by Crippen LogP contribution is 2.36. The van der Waals surface area contributed by atoms with Gasteiger partial charge in [-0.2, -0.15) is 0 Å². The summed E-state index contributed by atoms with van der Waals surface area (Å²) in [5.74, 6) is 0.626. The van der Waals surface area contributed by atoms with E-state index in [4.69, 9.17) is 0 Å². The van der Waals surface area contributed by atoms with Gasteiger partial charge < -0.3 is 4.90 Å². The third-order valence-corrected chi connectivity index (χ3v) is 5.00. The second-order valence-corrected chi connectivity index (χ2v) is 6.83. The van der Waals surface area contributed by atoms with Crippen molar-refractivity contribution in [2.75, 3.05) is 0 Å². The Kier molecular flexibility index (Phi) is 4.03. The second-order valence-electron chi connectivity index (χ2n) is 6.83. The van der Waals surface area contributed by atoms with E-state index in [1.54, 1.807) is 0 Å². The van der Waals surface area contributed by atoms with Crippen LogP contribution in [0.4, 0.5) is 0 Å². The summed E-state index contributed by atoms with van der Waals surface area (Å²) in [5.41, 5.74) is 2.51. The van der Waals surface area contributed by atoms with Crippen LogP contribution in [-0.2, 0) is 4.79 Å². The average Bonchev–Trinajstić information content (AvgIpc) is 3.06. The van der Waals surface area contributed by atoms with Crippen LogP contribution < -0.4 is 5.32 Å². The van der Waals surface area contributed by atoms with Crippen LogP contribution >= 0.6 is 0 Å². The van der Waals surface area contributed by atoms with E-state index >= 15 is 0 Å². The molecule has 2 atom stereocenters. The number of hydrogen-bond donors (Lipinski definition) is 1. The van der Waals surface area contributed by atoms with E-state index in [2.05, 4.69) is 55.3 Å². The largest absolute Gasteiger partial charge is 0.319 e. The van der Waals surface area contributed by atoms with Crippen LogP contribution in [-0.4, -0.2) is 22.9 Å². The molecule has 1 aromatic rings. The molecule has 2 aliphatic rings. The van der Waals surface area contributed by atoms with Crippen molar-refractivity contribution in [2.45, 2.75) is 64.7 Å². The maximum atomic E-state index is 12.9. The zero-order valence-electron chi connectivity index (χ0n) is 13.3. The van der Waals surface area contributed by atoms with Crippen molar-refractivity contribution < 1.29 is 4.79 Å². The molecule has 1 aromatic carbocycles. The van der Waals surface area contributed by atoms with Crippen LogP contribution in [0.15, 0.2) is 24.3 Å². The summed E-state index contributed by atoms with van der Waals surface area (Å²) in [7, 11) is 0. The third-order valence-electron chi connectivity index (χ3n) is 5.00. The number of aryl methyl sites for hydroxylation is 1. The van der Waals surface area contributed by atoms with Gasteiger partial charge in [0.15, 0.2) is 0 Å². The summed E-state index contributed by atoms with van der Waals surface area (Å²) in [5, 5.41) is 3.60. The Morgan fingerprint density at radius 3 is 2.48 bits per heavy atom. The zero-order chi connectivity index (χ0) is 15.0. The minimum Gasteiger partial charge on any atom is -0.319 e. The lowest BCUT2D eigenvalue weighted by Gasteiger charge is -2.31. The fraction of sp³-hybridized carbons (Fsp3) is 0.611. The van der Waals surface area contributed by atoms with Gasteiger partial charge in [0.05, 0.1) is 6.04 Å². The monoisotopic (exact) mass is 286 g/mol. The molecular weight excluding hydrogens is 260 g/mol. The SMILES string of the molecule is Cc1ccccc1C1NC(C(C)C)C(=O)N1C1CCCC1. The predicted molar refractivity (Wildman–Crippen MR) is 84.8 cm³/mol. The molecule has 2 unspecified atom stereocenters. The molecule has 3 rings (SSSR count). The first-order chi connectivity index (χ1) is 10.1. The van der Waals surface area contributed by atoms with E-state index in [0.29, 0.717) is 17.9 Å². The Hall–Kier alpha value is -1.35. The minimum absolute atomic E-state index is 0.0461. The van der Waals surface area contributed by atoms with Gasteiger partial charge in [-0.05, 0) is 36.8 Å². The standard InChI is InChI=1S/C18H26N2O/c1-12(2)16-18(21)20(14-9-5-6-10-14)17(19-16)15-11-7-4-8-13(15)3/h4,7-8,11-12,14,16-17,19H,5-6,9-10H2,1-3H3. The quantitative estimate of drug-likeness (QED) is 0.923. The van der Waals surface area contributed by atoms with Gasteiger partial charge in [-0.25, -0.2) is 0 Å². The number of hydrogen-bond acceptors (Lipinski definition) is 2. The van der Waals surface area contributed by atoms with Crippen molar-refractivity contribution in [3.05, 3.63) is 35.4 Å². The Labute approximate surface area is 127 Å². The van der Waals surface area contributed by atoms with Crippen molar-refractivity contribution in [3.63, 3.8) is 0 Å². The Morgan fingerprint density at radius 2 is 1.86 bits per heavy atom. The maximum absolute atomic E-state index is 12.9. The molecule has 21 heavy (non-hydrogen) atoms. The van der Waals surface area contributed by atoms with Gasteiger partial charge in [0, 0.05) is 6.04 Å². The van der Waals surface area contributed by atoms with Crippen LogP contribution in [0.2, 0.25) is 0 Å². The lowest BCUT2D eigenvalue weighted by molar-refractivity contribution is -0.133. The lowest BCUT2D eigenvalue weighted by Crippen LogP contribution is -2.39. The first-order valence-corrected chi connectivity index (χ1v) is 8.23. The van der Waals surface area contributed by atoms with Crippen LogP contribution in [0.3, 0.4) is 0 Å². The fourth-order valence-electron chi connectivity index (χ4n) is 3.79. The average molecular weight is 286 g/mol. The summed E-state index contributed by atoms with van der Waals surface area (Å²) in [4.78, 5) is 15.0. The molecule has 1 aliphatic carbocycles. The van der Waals surface area contributed by atoms with Crippen molar-refractivity contribution >= 4 is 5.91 Å². The number of nitrogens with one attached hydrogen (secondary N) is 1. The molecule has 1 saturated carbocycles. The van der Waals surface area contributed by atoms with E-state index in [-0.39, 0.29) is 12.2 Å². The van der Waals surface area contributed by atoms with Gasteiger partial charge in [0.1, 0.15) is 6.17 Å². The normalized spacial score (nSPS) is 27.0. The molecule has 0 bridgehead atoms. The Balaban J connectivity index is 1.96. The van der Waals surface area contributed by atoms with Crippen LogP contribution in [0.25, 0.3) is 0 Å². The Morgan fingerprint density at radius 1 is 1.19 bits per heavy atom. The second kappa shape index (κ2) is 5.80. The summed E-state index contributed by atoms with van der Waals surface area (Å²) in [6, 6.07) is 8.80. The van der Waals surface area contributed by atoms with Gasteiger partial charge in [0.25, 0.3) is 0 Å². The number of rotatable bonds is 3. The molecule has 0 aromatic heterocycles. The highest BCUT2D eigenvalue weighted by atomic mass is 16.2. The first kappa shape index (κ1) is 14.6. The molecule has 1 amide bonds. The molecule has 3 heteroatoms. The summed E-state index contributed by atoms with van der Waals surface area (Å²) in [6.07, 6.45) is 4.86. The number of nitrogens with zero attached hydrogens (tertiary/aromatic N) is 1. The highest BCUT2D eigenvalue weighted by molar-refractivity contribution is 5.85. The molecule has 1 N–H and O–H groups in total. The highest BCUT2D eigenvalue weighted by Gasteiger charge is 2.44. The van der Waals surface area contributed by atoms with Crippen LogP contribution in [0.5, 0.6) is 0 Å². The molecule has 1 saturated heterocycles. The summed E-state index contributed by atoms with van der Waals surface area (Å²) in [6.45, 7) is 6.39. The molecule has 2 fully saturated rings. The number of carbonyl (C=O) groups is 1. The molecule has 0 radical (unpaired) electrons. The molecule has 3 nitrogen and oxygen atoms in total. The topological polar surface area (TPSA) is 32.3 Å². The lowest BCUT2D eigenvalue weighted by atomic mass is 10.0. The summed E-state index contributed by atoms with van der Waals surface area (Å²) >= 11 is 0. The van der Waals surface area contributed by atoms with E-state index < -0.39 is 0 Å².